The summed E-state index contributed by atoms with van der Waals surface area (Å²) in [6.07, 6.45) is 11.5. The normalized spacial score (nSPS) is 33.9. The van der Waals surface area contributed by atoms with Gasteiger partial charge in [0.25, 0.3) is 0 Å². The molecular formula is C28H53B. The van der Waals surface area contributed by atoms with Gasteiger partial charge in [0.05, 0.1) is 0 Å². The molecule has 0 spiro atoms. The molecule has 0 aromatic heterocycles. The Labute approximate surface area is 185 Å². The molecule has 2 fully saturated rings. The van der Waals surface area contributed by atoms with Gasteiger partial charge in [-0.2, -0.15) is 0 Å². The molecule has 0 aromatic carbocycles. The van der Waals surface area contributed by atoms with E-state index >= 15 is 0 Å². The molecule has 0 bridgehead atoms. The third kappa shape index (κ3) is 6.90. The summed E-state index contributed by atoms with van der Waals surface area (Å²) in [5, 5.41) is 0. The van der Waals surface area contributed by atoms with Crippen molar-refractivity contribution < 1.29 is 0 Å². The van der Waals surface area contributed by atoms with E-state index in [1.165, 1.54) is 51.2 Å². The standard InChI is InChI=1S/C28H53B/c1-19(2)26-13-11-21(5)15-24(26)17-29(23(7)28(8,9)10)18-25-16-22(6)12-14-27(25)20(3)4/h19-22,24-27H,7,11-18H2,1-6,8-10H3/t21-,22-,24-,25-,26+,27+/m1/s1. The van der Waals surface area contributed by atoms with E-state index < -0.39 is 0 Å². The largest absolute Gasteiger partial charge is 0.171 e. The van der Waals surface area contributed by atoms with Crippen molar-refractivity contribution in [3.05, 3.63) is 12.1 Å². The van der Waals surface area contributed by atoms with Crippen LogP contribution in [0.4, 0.5) is 0 Å². The van der Waals surface area contributed by atoms with Crippen molar-refractivity contribution in [3.63, 3.8) is 0 Å². The van der Waals surface area contributed by atoms with Gasteiger partial charge in [0.15, 0.2) is 6.71 Å². The molecule has 1 heteroatoms. The van der Waals surface area contributed by atoms with E-state index in [0.717, 1.165) is 47.3 Å². The smallest absolute Gasteiger partial charge is 0.108 e. The Morgan fingerprint density at radius 2 is 1.17 bits per heavy atom. The van der Waals surface area contributed by atoms with Crippen LogP contribution in [0.2, 0.25) is 12.6 Å². The minimum absolute atomic E-state index is 0.228. The van der Waals surface area contributed by atoms with Crippen LogP contribution < -0.4 is 0 Å². The summed E-state index contributed by atoms with van der Waals surface area (Å²) < 4.78 is 0. The molecule has 0 N–H and O–H groups in total. The molecular weight excluding hydrogens is 347 g/mol. The molecule has 0 aromatic rings. The predicted molar refractivity (Wildman–Crippen MR) is 134 cm³/mol. The highest BCUT2D eigenvalue weighted by Crippen LogP contribution is 2.46. The Morgan fingerprint density at radius 1 is 0.793 bits per heavy atom. The van der Waals surface area contributed by atoms with Crippen LogP contribution in [0, 0.1) is 52.8 Å². The minimum Gasteiger partial charge on any atom is -0.108 e. The van der Waals surface area contributed by atoms with Gasteiger partial charge in [-0.3, -0.25) is 0 Å². The molecule has 0 heterocycles. The summed E-state index contributed by atoms with van der Waals surface area (Å²) in [4.78, 5) is 0. The molecule has 0 saturated heterocycles. The van der Waals surface area contributed by atoms with Crippen molar-refractivity contribution >= 4 is 6.71 Å². The molecule has 29 heavy (non-hydrogen) atoms. The summed E-state index contributed by atoms with van der Waals surface area (Å²) in [6, 6.07) is 0. The lowest BCUT2D eigenvalue weighted by atomic mass is 9.32. The van der Waals surface area contributed by atoms with E-state index in [1.54, 1.807) is 5.47 Å². The van der Waals surface area contributed by atoms with Gasteiger partial charge in [-0.1, -0.05) is 87.8 Å². The first-order valence-corrected chi connectivity index (χ1v) is 13.1. The van der Waals surface area contributed by atoms with E-state index in [4.69, 9.17) is 6.58 Å². The van der Waals surface area contributed by atoms with Crippen molar-refractivity contribution in [3.8, 4) is 0 Å². The maximum Gasteiger partial charge on any atom is 0.171 e. The fourth-order valence-electron chi connectivity index (χ4n) is 7.07. The summed E-state index contributed by atoms with van der Waals surface area (Å²) in [6.45, 7) is 27.5. The second-order valence-electron chi connectivity index (χ2n) is 13.1. The van der Waals surface area contributed by atoms with Crippen molar-refractivity contribution in [1.82, 2.24) is 0 Å². The summed E-state index contributed by atoms with van der Waals surface area (Å²) >= 11 is 0. The maximum absolute atomic E-state index is 4.74. The van der Waals surface area contributed by atoms with Crippen LogP contribution >= 0.6 is 0 Å². The Hall–Kier alpha value is -0.195. The van der Waals surface area contributed by atoms with E-state index in [1.807, 2.05) is 0 Å². The monoisotopic (exact) mass is 400 g/mol. The number of rotatable bonds is 7. The van der Waals surface area contributed by atoms with Crippen LogP contribution in [-0.2, 0) is 0 Å². The van der Waals surface area contributed by atoms with Crippen molar-refractivity contribution in [1.29, 1.82) is 0 Å². The maximum atomic E-state index is 4.74. The van der Waals surface area contributed by atoms with Crippen LogP contribution in [-0.4, -0.2) is 6.71 Å². The lowest BCUT2D eigenvalue weighted by molar-refractivity contribution is 0.151. The van der Waals surface area contributed by atoms with Gasteiger partial charge < -0.3 is 0 Å². The van der Waals surface area contributed by atoms with Crippen molar-refractivity contribution in [2.45, 2.75) is 113 Å². The molecule has 0 nitrogen and oxygen atoms in total. The van der Waals surface area contributed by atoms with Crippen molar-refractivity contribution in [2.75, 3.05) is 0 Å². The molecule has 6 atom stereocenters. The summed E-state index contributed by atoms with van der Waals surface area (Å²) in [5.74, 6) is 7.14. The first-order valence-electron chi connectivity index (χ1n) is 13.1. The van der Waals surface area contributed by atoms with Crippen LogP contribution in [0.1, 0.15) is 101 Å². The summed E-state index contributed by atoms with van der Waals surface area (Å²) in [7, 11) is 0. The number of hydrogen-bond donors (Lipinski definition) is 0. The Balaban J connectivity index is 2.23. The van der Waals surface area contributed by atoms with Crippen LogP contribution in [0.3, 0.4) is 0 Å². The molecule has 0 radical (unpaired) electrons. The molecule has 2 aliphatic carbocycles. The third-order valence-electron chi connectivity index (χ3n) is 8.95. The van der Waals surface area contributed by atoms with E-state index in [-0.39, 0.29) is 5.41 Å². The first kappa shape index (κ1) is 25.1. The fraction of sp³-hybridized carbons (Fsp3) is 0.929. The second-order valence-corrected chi connectivity index (χ2v) is 13.1. The Bertz CT molecular complexity index is 477. The number of hydrogen-bond acceptors (Lipinski definition) is 0. The zero-order valence-corrected chi connectivity index (χ0v) is 21.6. The van der Waals surface area contributed by atoms with Gasteiger partial charge >= 0.3 is 0 Å². The molecule has 0 aliphatic heterocycles. The molecule has 168 valence electrons. The topological polar surface area (TPSA) is 0 Å². The van der Waals surface area contributed by atoms with Crippen LogP contribution in [0.5, 0.6) is 0 Å². The highest BCUT2D eigenvalue weighted by Gasteiger charge is 2.39. The highest BCUT2D eigenvalue weighted by atomic mass is 14.4. The van der Waals surface area contributed by atoms with Gasteiger partial charge in [0.1, 0.15) is 0 Å². The second kappa shape index (κ2) is 10.4. The van der Waals surface area contributed by atoms with E-state index in [9.17, 15) is 0 Å². The highest BCUT2D eigenvalue weighted by molar-refractivity contribution is 6.67. The van der Waals surface area contributed by atoms with Gasteiger partial charge in [-0.05, 0) is 78.4 Å². The van der Waals surface area contributed by atoms with Gasteiger partial charge in [0, 0.05) is 0 Å². The molecule has 2 rings (SSSR count). The third-order valence-corrected chi connectivity index (χ3v) is 8.95. The zero-order chi connectivity index (χ0) is 21.9. The zero-order valence-electron chi connectivity index (χ0n) is 21.6. The van der Waals surface area contributed by atoms with Gasteiger partial charge in [0.2, 0.25) is 0 Å². The van der Waals surface area contributed by atoms with Crippen LogP contribution in [0.25, 0.3) is 0 Å². The average molecular weight is 401 g/mol. The Kier molecular flexibility index (Phi) is 9.00. The molecule has 0 unspecified atom stereocenters. The Morgan fingerprint density at radius 3 is 1.48 bits per heavy atom. The van der Waals surface area contributed by atoms with E-state index in [0.29, 0.717) is 6.71 Å². The number of allylic oxidation sites excluding steroid dienone is 1. The van der Waals surface area contributed by atoms with E-state index in [2.05, 4.69) is 62.3 Å². The molecule has 0 amide bonds. The lowest BCUT2D eigenvalue weighted by Crippen LogP contribution is -2.38. The average Bonchev–Trinajstić information content (AvgIpc) is 2.59. The van der Waals surface area contributed by atoms with Gasteiger partial charge in [-0.15, -0.1) is 12.1 Å². The SMILES string of the molecule is C=C(B(C[C@H]1C[C@H](C)CC[C@H]1C(C)C)C[C@H]1C[C@H](C)CC[C@H]1C(C)C)C(C)(C)C. The fourth-order valence-corrected chi connectivity index (χ4v) is 7.07. The molecule has 2 aliphatic rings. The van der Waals surface area contributed by atoms with Crippen LogP contribution in [0.15, 0.2) is 12.1 Å². The lowest BCUT2D eigenvalue weighted by Gasteiger charge is -2.43. The summed E-state index contributed by atoms with van der Waals surface area (Å²) in [5.41, 5.74) is 1.77. The first-order chi connectivity index (χ1) is 13.4. The minimum atomic E-state index is 0.228. The quantitative estimate of drug-likeness (QED) is 0.374. The van der Waals surface area contributed by atoms with Crippen molar-refractivity contribution in [2.24, 2.45) is 52.8 Å². The van der Waals surface area contributed by atoms with Gasteiger partial charge in [-0.25, -0.2) is 0 Å². The predicted octanol–water partition coefficient (Wildman–Crippen LogP) is 9.04. The molecule has 2 saturated carbocycles.